The van der Waals surface area contributed by atoms with Gasteiger partial charge in [-0.2, -0.15) is 0 Å². The van der Waals surface area contributed by atoms with Crippen LogP contribution >= 0.6 is 11.3 Å². The molecule has 0 saturated carbocycles. The van der Waals surface area contributed by atoms with Gasteiger partial charge in [-0.3, -0.25) is 9.69 Å². The van der Waals surface area contributed by atoms with E-state index >= 15 is 0 Å². The molecule has 3 aromatic rings. The van der Waals surface area contributed by atoms with Crippen molar-refractivity contribution in [3.63, 3.8) is 0 Å². The smallest absolute Gasteiger partial charge is 0.220 e. The molecular formula is C22H27N3OS. The van der Waals surface area contributed by atoms with Crippen LogP contribution in [0.1, 0.15) is 42.2 Å². The molecule has 3 heterocycles. The Hall–Kier alpha value is -2.11. The number of amides is 1. The fourth-order valence-corrected chi connectivity index (χ4v) is 4.88. The first-order chi connectivity index (χ1) is 13.3. The van der Waals surface area contributed by atoms with Crippen LogP contribution in [0.15, 0.2) is 48.0 Å². The number of thiophene rings is 1. The Morgan fingerprint density at radius 2 is 2.04 bits per heavy atom. The van der Waals surface area contributed by atoms with Crippen LogP contribution in [-0.4, -0.2) is 35.4 Å². The molecule has 1 unspecified atom stereocenters. The van der Waals surface area contributed by atoms with E-state index in [1.54, 1.807) is 11.3 Å². The summed E-state index contributed by atoms with van der Waals surface area (Å²) in [6.07, 6.45) is 6.99. The number of rotatable bonds is 8. The zero-order valence-corrected chi connectivity index (χ0v) is 16.4. The Balaban J connectivity index is 1.27. The van der Waals surface area contributed by atoms with Gasteiger partial charge in [0.1, 0.15) is 0 Å². The van der Waals surface area contributed by atoms with Crippen molar-refractivity contribution >= 4 is 28.1 Å². The summed E-state index contributed by atoms with van der Waals surface area (Å²) in [6.45, 7) is 2.99. The largest absolute Gasteiger partial charge is 0.361 e. The van der Waals surface area contributed by atoms with Crippen LogP contribution in [0.3, 0.4) is 0 Å². The van der Waals surface area contributed by atoms with E-state index in [-0.39, 0.29) is 5.91 Å². The monoisotopic (exact) mass is 381 g/mol. The lowest BCUT2D eigenvalue weighted by molar-refractivity contribution is -0.121. The Bertz CT molecular complexity index is 865. The van der Waals surface area contributed by atoms with E-state index in [0.717, 1.165) is 25.9 Å². The second-order valence-corrected chi connectivity index (χ2v) is 8.27. The van der Waals surface area contributed by atoms with Crippen LogP contribution in [0.5, 0.6) is 0 Å². The highest BCUT2D eigenvalue weighted by Gasteiger charge is 2.24. The summed E-state index contributed by atoms with van der Waals surface area (Å²) in [4.78, 5) is 19.6. The van der Waals surface area contributed by atoms with Crippen molar-refractivity contribution in [3.8, 4) is 0 Å². The van der Waals surface area contributed by atoms with E-state index in [2.05, 4.69) is 57.1 Å². The number of aromatic amines is 1. The van der Waals surface area contributed by atoms with E-state index in [1.807, 2.05) is 6.07 Å². The van der Waals surface area contributed by atoms with Crippen molar-refractivity contribution in [2.75, 3.05) is 19.6 Å². The van der Waals surface area contributed by atoms with Gasteiger partial charge < -0.3 is 10.3 Å². The standard InChI is InChI=1S/C22H27N3OS/c26-22(11-5-7-17-15-23-19-9-2-1-8-18(17)19)24-16-20(21-10-6-14-27-21)25-12-3-4-13-25/h1-2,6,8-10,14-15,20,23H,3-5,7,11-13,16H2,(H,24,26). The van der Waals surface area contributed by atoms with Crippen molar-refractivity contribution < 1.29 is 4.79 Å². The summed E-state index contributed by atoms with van der Waals surface area (Å²) >= 11 is 1.79. The highest BCUT2D eigenvalue weighted by atomic mass is 32.1. The number of carbonyl (C=O) groups is 1. The molecule has 1 aromatic carbocycles. The van der Waals surface area contributed by atoms with Gasteiger partial charge in [0.15, 0.2) is 0 Å². The van der Waals surface area contributed by atoms with E-state index in [1.165, 1.54) is 34.2 Å². The molecule has 0 radical (unpaired) electrons. The molecule has 1 atom stereocenters. The van der Waals surface area contributed by atoms with Crippen molar-refractivity contribution in [2.45, 2.75) is 38.1 Å². The van der Waals surface area contributed by atoms with Gasteiger partial charge in [-0.05, 0) is 61.8 Å². The SMILES string of the molecule is O=C(CCCc1c[nH]c2ccccc12)NCC(c1cccs1)N1CCCC1. The lowest BCUT2D eigenvalue weighted by atomic mass is 10.1. The number of hydrogen-bond acceptors (Lipinski definition) is 3. The van der Waals surface area contributed by atoms with E-state index in [9.17, 15) is 4.79 Å². The molecule has 5 heteroatoms. The van der Waals surface area contributed by atoms with Crippen LogP contribution in [-0.2, 0) is 11.2 Å². The zero-order valence-electron chi connectivity index (χ0n) is 15.6. The fourth-order valence-electron chi connectivity index (χ4n) is 4.02. The minimum absolute atomic E-state index is 0.163. The minimum atomic E-state index is 0.163. The summed E-state index contributed by atoms with van der Waals surface area (Å²) in [5.41, 5.74) is 2.47. The molecule has 142 valence electrons. The first-order valence-corrected chi connectivity index (χ1v) is 10.8. The van der Waals surface area contributed by atoms with Gasteiger partial charge in [-0.25, -0.2) is 0 Å². The van der Waals surface area contributed by atoms with E-state index in [4.69, 9.17) is 0 Å². The van der Waals surface area contributed by atoms with Crippen LogP contribution < -0.4 is 5.32 Å². The number of hydrogen-bond donors (Lipinski definition) is 2. The average Bonchev–Trinajstić information content (AvgIpc) is 3.45. The first-order valence-electron chi connectivity index (χ1n) is 9.90. The van der Waals surface area contributed by atoms with Crippen molar-refractivity contribution in [1.82, 2.24) is 15.2 Å². The predicted octanol–water partition coefficient (Wildman–Crippen LogP) is 4.51. The molecule has 4 nitrogen and oxygen atoms in total. The minimum Gasteiger partial charge on any atom is -0.361 e. The normalized spacial score (nSPS) is 16.0. The van der Waals surface area contributed by atoms with Gasteiger partial charge in [0, 0.05) is 34.9 Å². The maximum absolute atomic E-state index is 12.4. The summed E-state index contributed by atoms with van der Waals surface area (Å²) in [7, 11) is 0. The Morgan fingerprint density at radius 1 is 1.19 bits per heavy atom. The Labute approximate surface area is 164 Å². The molecule has 1 saturated heterocycles. The number of H-pyrrole nitrogens is 1. The zero-order chi connectivity index (χ0) is 18.5. The van der Waals surface area contributed by atoms with Gasteiger partial charge in [-0.1, -0.05) is 24.3 Å². The number of nitrogens with one attached hydrogen (secondary N) is 2. The molecule has 0 spiro atoms. The van der Waals surface area contributed by atoms with Crippen LogP contribution in [0.4, 0.5) is 0 Å². The topological polar surface area (TPSA) is 48.1 Å². The Morgan fingerprint density at radius 3 is 2.85 bits per heavy atom. The maximum Gasteiger partial charge on any atom is 0.220 e. The number of nitrogens with zero attached hydrogens (tertiary/aromatic N) is 1. The number of aromatic nitrogens is 1. The molecule has 2 aromatic heterocycles. The second kappa shape index (κ2) is 8.72. The number of para-hydroxylation sites is 1. The molecule has 0 bridgehead atoms. The molecule has 1 fully saturated rings. The van der Waals surface area contributed by atoms with Crippen molar-refractivity contribution in [3.05, 3.63) is 58.4 Å². The number of fused-ring (bicyclic) bond motifs is 1. The van der Waals surface area contributed by atoms with E-state index < -0.39 is 0 Å². The molecular weight excluding hydrogens is 354 g/mol. The summed E-state index contributed by atoms with van der Waals surface area (Å²) in [5, 5.41) is 6.58. The van der Waals surface area contributed by atoms with Gasteiger partial charge in [0.2, 0.25) is 5.91 Å². The lowest BCUT2D eigenvalue weighted by Crippen LogP contribution is -2.36. The number of likely N-dealkylation sites (tertiary alicyclic amines) is 1. The fraction of sp³-hybridized carbons (Fsp3) is 0.409. The van der Waals surface area contributed by atoms with Crippen LogP contribution in [0, 0.1) is 0 Å². The highest BCUT2D eigenvalue weighted by Crippen LogP contribution is 2.28. The third-order valence-corrected chi connectivity index (χ3v) is 6.44. The number of carbonyl (C=O) groups excluding carboxylic acids is 1. The third kappa shape index (κ3) is 4.42. The van der Waals surface area contributed by atoms with Crippen molar-refractivity contribution in [1.29, 1.82) is 0 Å². The van der Waals surface area contributed by atoms with Crippen LogP contribution in [0.2, 0.25) is 0 Å². The summed E-state index contributed by atoms with van der Waals surface area (Å²) < 4.78 is 0. The van der Waals surface area contributed by atoms with Crippen LogP contribution in [0.25, 0.3) is 10.9 Å². The van der Waals surface area contributed by atoms with Gasteiger partial charge in [0.05, 0.1) is 6.04 Å². The third-order valence-electron chi connectivity index (χ3n) is 5.47. The molecule has 1 aliphatic heterocycles. The predicted molar refractivity (Wildman–Crippen MR) is 112 cm³/mol. The first kappa shape index (κ1) is 18.3. The highest BCUT2D eigenvalue weighted by molar-refractivity contribution is 7.10. The maximum atomic E-state index is 12.4. The van der Waals surface area contributed by atoms with Crippen molar-refractivity contribution in [2.24, 2.45) is 0 Å². The summed E-state index contributed by atoms with van der Waals surface area (Å²) in [6, 6.07) is 13.0. The molecule has 0 aliphatic carbocycles. The Kier molecular flexibility index (Phi) is 5.90. The molecule has 2 N–H and O–H groups in total. The number of aryl methyl sites for hydroxylation is 1. The number of benzene rings is 1. The van der Waals surface area contributed by atoms with E-state index in [0.29, 0.717) is 19.0 Å². The van der Waals surface area contributed by atoms with Gasteiger partial charge in [0.25, 0.3) is 0 Å². The summed E-state index contributed by atoms with van der Waals surface area (Å²) in [5.74, 6) is 0.163. The molecule has 1 aliphatic rings. The van der Waals surface area contributed by atoms with Gasteiger partial charge in [-0.15, -0.1) is 11.3 Å². The molecule has 4 rings (SSSR count). The average molecular weight is 382 g/mol. The molecule has 1 amide bonds. The van der Waals surface area contributed by atoms with Gasteiger partial charge >= 0.3 is 0 Å². The molecule has 27 heavy (non-hydrogen) atoms. The quantitative estimate of drug-likeness (QED) is 0.603. The lowest BCUT2D eigenvalue weighted by Gasteiger charge is -2.26. The second-order valence-electron chi connectivity index (χ2n) is 7.29.